The highest BCUT2D eigenvalue weighted by atomic mass is 16.6. The summed E-state index contributed by atoms with van der Waals surface area (Å²) in [4.78, 5) is 37.1. The molecule has 59 heavy (non-hydrogen) atoms. The normalized spacial score (nSPS) is 13.2. The van der Waals surface area contributed by atoms with E-state index in [2.05, 4.69) is 50.3 Å². The molecule has 2 atom stereocenters. The van der Waals surface area contributed by atoms with Gasteiger partial charge in [-0.05, 0) is 44.9 Å². The van der Waals surface area contributed by atoms with E-state index in [1.54, 1.807) is 0 Å². The number of quaternary nitrogens is 1. The van der Waals surface area contributed by atoms with Gasteiger partial charge in [-0.3, -0.25) is 9.59 Å². The van der Waals surface area contributed by atoms with Gasteiger partial charge < -0.3 is 23.8 Å². The second-order valence-corrected chi connectivity index (χ2v) is 17.7. The third kappa shape index (κ3) is 40.7. The van der Waals surface area contributed by atoms with Gasteiger partial charge in [0.25, 0.3) is 0 Å². The van der Waals surface area contributed by atoms with Crippen molar-refractivity contribution in [3.05, 3.63) is 36.5 Å². The number of ether oxygens (including phenoxy) is 3. The van der Waals surface area contributed by atoms with Crippen molar-refractivity contribution < 1.29 is 38.2 Å². The second kappa shape index (κ2) is 42.2. The molecule has 0 heterocycles. The van der Waals surface area contributed by atoms with E-state index in [4.69, 9.17) is 14.2 Å². The first-order valence-corrected chi connectivity index (χ1v) is 24.5. The molecule has 0 aromatic carbocycles. The topological polar surface area (TPSA) is 99.1 Å². The number of esters is 2. The molecule has 2 unspecified atom stereocenters. The summed E-state index contributed by atoms with van der Waals surface area (Å²) >= 11 is 0. The van der Waals surface area contributed by atoms with E-state index < -0.39 is 18.1 Å². The smallest absolute Gasteiger partial charge is 0.362 e. The Morgan fingerprint density at radius 1 is 0.525 bits per heavy atom. The lowest BCUT2D eigenvalue weighted by Crippen LogP contribution is -2.50. The lowest BCUT2D eigenvalue weighted by atomic mass is 10.0. The molecule has 0 saturated heterocycles. The molecule has 0 aromatic rings. The number of hydrogen-bond donors (Lipinski definition) is 1. The van der Waals surface area contributed by atoms with Gasteiger partial charge >= 0.3 is 17.9 Å². The van der Waals surface area contributed by atoms with Gasteiger partial charge in [0.15, 0.2) is 12.1 Å². The number of carboxylic acids is 1. The summed E-state index contributed by atoms with van der Waals surface area (Å²) in [6, 6.07) is -0.614. The largest absolute Gasteiger partial charge is 0.477 e. The summed E-state index contributed by atoms with van der Waals surface area (Å²) in [5.41, 5.74) is 0. The summed E-state index contributed by atoms with van der Waals surface area (Å²) in [6.45, 7) is 4.65. The van der Waals surface area contributed by atoms with Crippen LogP contribution in [0.2, 0.25) is 0 Å². The minimum Gasteiger partial charge on any atom is -0.477 e. The van der Waals surface area contributed by atoms with E-state index in [1.807, 2.05) is 21.1 Å². The predicted octanol–water partition coefficient (Wildman–Crippen LogP) is 13.8. The summed E-state index contributed by atoms with van der Waals surface area (Å²) in [5, 5.41) is 9.64. The predicted molar refractivity (Wildman–Crippen MR) is 248 cm³/mol. The van der Waals surface area contributed by atoms with Crippen LogP contribution in [0.5, 0.6) is 0 Å². The Morgan fingerprint density at radius 2 is 0.949 bits per heavy atom. The fraction of sp³-hybridized carbons (Fsp3) is 0.824. The molecule has 0 aliphatic rings. The molecule has 0 spiro atoms. The number of rotatable bonds is 44. The van der Waals surface area contributed by atoms with Crippen LogP contribution in [0.3, 0.4) is 0 Å². The maximum absolute atomic E-state index is 12.8. The monoisotopic (exact) mass is 833 g/mol. The van der Waals surface area contributed by atoms with Crippen molar-refractivity contribution >= 4 is 17.9 Å². The zero-order chi connectivity index (χ0) is 43.5. The number of carbonyl (C=O) groups is 3. The first-order chi connectivity index (χ1) is 28.6. The van der Waals surface area contributed by atoms with Crippen LogP contribution in [-0.2, 0) is 28.6 Å². The molecule has 1 N–H and O–H groups in total. The first-order valence-electron chi connectivity index (χ1n) is 24.5. The number of carboxylic acid groups (broad SMARTS) is 1. The Balaban J connectivity index is 4.25. The van der Waals surface area contributed by atoms with Crippen LogP contribution >= 0.6 is 0 Å². The van der Waals surface area contributed by atoms with E-state index in [1.165, 1.54) is 128 Å². The highest BCUT2D eigenvalue weighted by molar-refractivity contribution is 5.72. The second-order valence-electron chi connectivity index (χ2n) is 17.7. The number of hydrogen-bond acceptors (Lipinski definition) is 6. The van der Waals surface area contributed by atoms with Crippen LogP contribution in [0.15, 0.2) is 36.5 Å². The Bertz CT molecular complexity index is 1060. The van der Waals surface area contributed by atoms with Crippen LogP contribution in [0.25, 0.3) is 0 Å². The number of aliphatic carboxylic acids is 1. The van der Waals surface area contributed by atoms with E-state index >= 15 is 0 Å². The quantitative estimate of drug-likeness (QED) is 0.0282. The summed E-state index contributed by atoms with van der Waals surface area (Å²) in [7, 11) is 5.54. The van der Waals surface area contributed by atoms with Crippen LogP contribution in [-0.4, -0.2) is 80.6 Å². The molecule has 344 valence electrons. The van der Waals surface area contributed by atoms with Gasteiger partial charge in [0.05, 0.1) is 34.4 Å². The van der Waals surface area contributed by atoms with Crippen molar-refractivity contribution in [3.8, 4) is 0 Å². The number of likely N-dealkylation sites (N-methyl/N-ethyl adjacent to an activating group) is 1. The Hall–Kier alpha value is -2.45. The fourth-order valence-corrected chi connectivity index (χ4v) is 7.28. The van der Waals surface area contributed by atoms with Gasteiger partial charge in [-0.25, -0.2) is 4.79 Å². The summed E-state index contributed by atoms with van der Waals surface area (Å²) < 4.78 is 17.3. The Kier molecular flexibility index (Phi) is 40.5. The van der Waals surface area contributed by atoms with E-state index in [-0.39, 0.29) is 36.2 Å². The zero-order valence-corrected chi connectivity index (χ0v) is 39.2. The molecule has 0 bridgehead atoms. The van der Waals surface area contributed by atoms with Gasteiger partial charge in [0.1, 0.15) is 6.61 Å². The molecule has 0 radical (unpaired) electrons. The van der Waals surface area contributed by atoms with Gasteiger partial charge in [0.2, 0.25) is 0 Å². The van der Waals surface area contributed by atoms with Crippen molar-refractivity contribution in [3.63, 3.8) is 0 Å². The van der Waals surface area contributed by atoms with E-state index in [0.717, 1.165) is 57.8 Å². The molecule has 0 aliphatic carbocycles. The van der Waals surface area contributed by atoms with Crippen molar-refractivity contribution in [1.29, 1.82) is 0 Å². The minimum atomic E-state index is -0.874. The molecular weight excluding hydrogens is 739 g/mol. The molecule has 0 rings (SSSR count). The van der Waals surface area contributed by atoms with Crippen LogP contribution in [0.1, 0.15) is 219 Å². The SMILES string of the molecule is CC/C=C/C/C=C/C/C=C/CCCCCCCCCCCCC(=O)OC(COCCC(C(=O)O)[N+](C)(C)C)COC(=O)CCCCCCCCCCCCCCCCC. The average molecular weight is 833 g/mol. The molecule has 0 aromatic heterocycles. The number of nitrogens with zero attached hydrogens (tertiary/aromatic N) is 1. The maximum atomic E-state index is 12.8. The fourth-order valence-electron chi connectivity index (χ4n) is 7.28. The number of carbonyl (C=O) groups excluding carboxylic acids is 2. The third-order valence-electron chi connectivity index (χ3n) is 11.1. The molecule has 0 aliphatic heterocycles. The molecule has 8 nitrogen and oxygen atoms in total. The standard InChI is InChI=1S/C51H93NO7/c1-6-8-10-12-14-16-18-20-22-23-24-25-26-28-30-32-34-36-38-40-42-50(54)59-47(45-57-44-43-48(51(55)56)52(3,4)5)46-58-49(53)41-39-37-35-33-31-29-27-21-19-17-15-13-11-9-7-2/h8,10,14,16,20,22,47-48H,6-7,9,11-13,15,17-19,21,23-46H2,1-5H3/p+1/b10-8+,16-14+,22-20+. The molecule has 0 fully saturated rings. The molecule has 0 amide bonds. The lowest BCUT2D eigenvalue weighted by molar-refractivity contribution is -0.887. The first kappa shape index (κ1) is 56.5. The van der Waals surface area contributed by atoms with Gasteiger partial charge in [-0.15, -0.1) is 0 Å². The van der Waals surface area contributed by atoms with Crippen LogP contribution in [0, 0.1) is 0 Å². The minimum absolute atomic E-state index is 0.0489. The lowest BCUT2D eigenvalue weighted by Gasteiger charge is -2.31. The van der Waals surface area contributed by atoms with Crippen molar-refractivity contribution in [2.24, 2.45) is 0 Å². The number of unbranched alkanes of at least 4 members (excludes halogenated alkanes) is 24. The highest BCUT2D eigenvalue weighted by Gasteiger charge is 2.31. The van der Waals surface area contributed by atoms with Crippen molar-refractivity contribution in [2.75, 3.05) is 41.0 Å². The highest BCUT2D eigenvalue weighted by Crippen LogP contribution is 2.16. The van der Waals surface area contributed by atoms with Gasteiger partial charge in [-0.1, -0.05) is 192 Å². The van der Waals surface area contributed by atoms with E-state index in [0.29, 0.717) is 19.3 Å². The zero-order valence-electron chi connectivity index (χ0n) is 39.2. The van der Waals surface area contributed by atoms with Crippen LogP contribution < -0.4 is 0 Å². The Morgan fingerprint density at radius 3 is 1.41 bits per heavy atom. The van der Waals surface area contributed by atoms with Gasteiger partial charge in [0, 0.05) is 19.3 Å². The number of allylic oxidation sites excluding steroid dienone is 6. The Labute approximate surface area is 364 Å². The van der Waals surface area contributed by atoms with Gasteiger partial charge in [-0.2, -0.15) is 0 Å². The summed E-state index contributed by atoms with van der Waals surface area (Å²) in [5.74, 6) is -1.46. The average Bonchev–Trinajstić information content (AvgIpc) is 3.19. The van der Waals surface area contributed by atoms with E-state index in [9.17, 15) is 19.5 Å². The van der Waals surface area contributed by atoms with Crippen molar-refractivity contribution in [2.45, 2.75) is 231 Å². The van der Waals surface area contributed by atoms with Crippen LogP contribution in [0.4, 0.5) is 0 Å². The summed E-state index contributed by atoms with van der Waals surface area (Å²) in [6.07, 6.45) is 49.0. The van der Waals surface area contributed by atoms with Crippen molar-refractivity contribution in [1.82, 2.24) is 0 Å². The third-order valence-corrected chi connectivity index (χ3v) is 11.1. The molecular formula is C51H94NO7+. The molecule has 0 saturated carbocycles. The maximum Gasteiger partial charge on any atom is 0.362 e. The molecule has 8 heteroatoms.